The second-order valence-corrected chi connectivity index (χ2v) is 7.91. The van der Waals surface area contributed by atoms with Crippen LogP contribution < -0.4 is 10.1 Å². The number of anilines is 1. The largest absolute Gasteiger partial charge is 0.494 e. The standard InChI is InChI=1S/C25H21BrN2O2/c1-3-30-20-6-4-5-17(13-20)24-15-22(21-14-18(26)9-12-23(21)28-24)25(29)27-19-10-7-16(2)8-11-19/h4-15H,3H2,1-2H3,(H,27,29). The molecular weight excluding hydrogens is 440 g/mol. The number of aryl methyl sites for hydroxylation is 1. The van der Waals surface area contributed by atoms with Crippen LogP contribution in [-0.4, -0.2) is 17.5 Å². The van der Waals surface area contributed by atoms with E-state index in [9.17, 15) is 4.79 Å². The molecule has 3 aromatic carbocycles. The van der Waals surface area contributed by atoms with Gasteiger partial charge in [0.25, 0.3) is 5.91 Å². The summed E-state index contributed by atoms with van der Waals surface area (Å²) in [6, 6.07) is 23.1. The molecule has 0 saturated carbocycles. The molecule has 1 heterocycles. The first-order valence-corrected chi connectivity index (χ1v) is 10.5. The van der Waals surface area contributed by atoms with Crippen molar-refractivity contribution < 1.29 is 9.53 Å². The van der Waals surface area contributed by atoms with Gasteiger partial charge >= 0.3 is 0 Å². The smallest absolute Gasteiger partial charge is 0.256 e. The Balaban J connectivity index is 1.80. The van der Waals surface area contributed by atoms with Crippen molar-refractivity contribution in [3.05, 3.63) is 88.4 Å². The maximum absolute atomic E-state index is 13.2. The molecule has 0 bridgehead atoms. The molecule has 1 amide bonds. The van der Waals surface area contributed by atoms with Crippen molar-refractivity contribution in [2.75, 3.05) is 11.9 Å². The first kappa shape index (κ1) is 20.1. The van der Waals surface area contributed by atoms with Gasteiger partial charge in [-0.1, -0.05) is 45.8 Å². The lowest BCUT2D eigenvalue weighted by molar-refractivity contribution is 0.102. The number of hydrogen-bond donors (Lipinski definition) is 1. The number of hydrogen-bond acceptors (Lipinski definition) is 3. The predicted octanol–water partition coefficient (Wildman–Crippen LogP) is 6.62. The molecule has 0 aliphatic heterocycles. The number of aromatic nitrogens is 1. The molecule has 0 atom stereocenters. The highest BCUT2D eigenvalue weighted by molar-refractivity contribution is 9.10. The first-order valence-electron chi connectivity index (χ1n) is 9.75. The third-order valence-electron chi connectivity index (χ3n) is 4.77. The zero-order valence-electron chi connectivity index (χ0n) is 16.8. The molecule has 0 unspecified atom stereocenters. The molecule has 150 valence electrons. The number of carbonyl (C=O) groups is 1. The molecule has 5 heteroatoms. The van der Waals surface area contributed by atoms with Gasteiger partial charge in [0.15, 0.2) is 0 Å². The van der Waals surface area contributed by atoms with E-state index in [2.05, 4.69) is 21.2 Å². The molecule has 0 radical (unpaired) electrons. The predicted molar refractivity (Wildman–Crippen MR) is 125 cm³/mol. The highest BCUT2D eigenvalue weighted by atomic mass is 79.9. The summed E-state index contributed by atoms with van der Waals surface area (Å²) in [5.74, 6) is 0.602. The molecule has 4 rings (SSSR count). The second-order valence-electron chi connectivity index (χ2n) is 7.00. The lowest BCUT2D eigenvalue weighted by atomic mass is 10.0. The van der Waals surface area contributed by atoms with Crippen molar-refractivity contribution in [2.24, 2.45) is 0 Å². The zero-order chi connectivity index (χ0) is 21.1. The van der Waals surface area contributed by atoms with Gasteiger partial charge in [-0.25, -0.2) is 4.98 Å². The van der Waals surface area contributed by atoms with Crippen molar-refractivity contribution in [2.45, 2.75) is 13.8 Å². The zero-order valence-corrected chi connectivity index (χ0v) is 18.4. The molecule has 0 spiro atoms. The molecule has 0 fully saturated rings. The van der Waals surface area contributed by atoms with Crippen LogP contribution in [0, 0.1) is 6.92 Å². The van der Waals surface area contributed by atoms with Crippen molar-refractivity contribution in [3.8, 4) is 17.0 Å². The van der Waals surface area contributed by atoms with E-state index in [1.165, 1.54) is 0 Å². The van der Waals surface area contributed by atoms with Gasteiger partial charge in [-0.2, -0.15) is 0 Å². The minimum absolute atomic E-state index is 0.174. The van der Waals surface area contributed by atoms with Gasteiger partial charge in [-0.3, -0.25) is 4.79 Å². The highest BCUT2D eigenvalue weighted by Crippen LogP contribution is 2.29. The van der Waals surface area contributed by atoms with Crippen LogP contribution in [0.2, 0.25) is 0 Å². The Hall–Kier alpha value is -3.18. The monoisotopic (exact) mass is 460 g/mol. The minimum Gasteiger partial charge on any atom is -0.494 e. The van der Waals surface area contributed by atoms with Crippen LogP contribution in [0.1, 0.15) is 22.8 Å². The molecule has 4 nitrogen and oxygen atoms in total. The molecule has 1 aromatic heterocycles. The lowest BCUT2D eigenvalue weighted by Gasteiger charge is -2.12. The van der Waals surface area contributed by atoms with Crippen LogP contribution in [0.15, 0.2) is 77.3 Å². The molecule has 0 aliphatic rings. The van der Waals surface area contributed by atoms with E-state index < -0.39 is 0 Å². The second kappa shape index (κ2) is 8.67. The summed E-state index contributed by atoms with van der Waals surface area (Å²) >= 11 is 3.50. The Morgan fingerprint density at radius 1 is 1.03 bits per heavy atom. The van der Waals surface area contributed by atoms with E-state index in [4.69, 9.17) is 9.72 Å². The van der Waals surface area contributed by atoms with Gasteiger partial charge in [0.2, 0.25) is 0 Å². The number of nitrogens with zero attached hydrogens (tertiary/aromatic N) is 1. The van der Waals surface area contributed by atoms with Gasteiger partial charge in [0.1, 0.15) is 5.75 Å². The first-order chi connectivity index (χ1) is 14.5. The van der Waals surface area contributed by atoms with Gasteiger partial charge < -0.3 is 10.1 Å². The Kier molecular flexibility index (Phi) is 5.81. The fraction of sp³-hybridized carbons (Fsp3) is 0.120. The van der Waals surface area contributed by atoms with E-state index in [1.807, 2.05) is 86.6 Å². The number of fused-ring (bicyclic) bond motifs is 1. The number of ether oxygens (including phenoxy) is 1. The molecular formula is C25H21BrN2O2. The van der Waals surface area contributed by atoms with Gasteiger partial charge in [0, 0.05) is 21.1 Å². The van der Waals surface area contributed by atoms with E-state index in [0.717, 1.165) is 43.6 Å². The number of amides is 1. The number of pyridine rings is 1. The Morgan fingerprint density at radius 3 is 2.60 bits per heavy atom. The van der Waals surface area contributed by atoms with E-state index in [-0.39, 0.29) is 5.91 Å². The summed E-state index contributed by atoms with van der Waals surface area (Å²) in [7, 11) is 0. The van der Waals surface area contributed by atoms with Crippen LogP contribution in [0.3, 0.4) is 0 Å². The summed E-state index contributed by atoms with van der Waals surface area (Å²) in [4.78, 5) is 18.0. The van der Waals surface area contributed by atoms with Crippen LogP contribution in [0.4, 0.5) is 5.69 Å². The highest BCUT2D eigenvalue weighted by Gasteiger charge is 2.15. The third-order valence-corrected chi connectivity index (χ3v) is 5.26. The van der Waals surface area contributed by atoms with Gasteiger partial charge in [-0.15, -0.1) is 0 Å². The molecule has 0 aliphatic carbocycles. The van der Waals surface area contributed by atoms with Gasteiger partial charge in [0.05, 0.1) is 23.4 Å². The summed E-state index contributed by atoms with van der Waals surface area (Å²) < 4.78 is 6.52. The van der Waals surface area contributed by atoms with Crippen LogP contribution in [-0.2, 0) is 0 Å². The topological polar surface area (TPSA) is 51.2 Å². The third kappa shape index (κ3) is 4.36. The summed E-state index contributed by atoms with van der Waals surface area (Å²) in [6.45, 7) is 4.56. The lowest BCUT2D eigenvalue weighted by Crippen LogP contribution is -2.13. The molecule has 1 N–H and O–H groups in total. The molecule has 4 aromatic rings. The quantitative estimate of drug-likeness (QED) is 0.363. The summed E-state index contributed by atoms with van der Waals surface area (Å²) in [6.07, 6.45) is 0. The fourth-order valence-corrected chi connectivity index (χ4v) is 3.64. The fourth-order valence-electron chi connectivity index (χ4n) is 3.28. The number of rotatable bonds is 5. The van der Waals surface area contributed by atoms with Crippen molar-refractivity contribution in [1.29, 1.82) is 0 Å². The number of nitrogens with one attached hydrogen (secondary N) is 1. The normalized spacial score (nSPS) is 10.8. The Morgan fingerprint density at radius 2 is 1.83 bits per heavy atom. The Labute approximate surface area is 184 Å². The summed E-state index contributed by atoms with van der Waals surface area (Å²) in [5, 5.41) is 3.79. The van der Waals surface area contributed by atoms with Crippen LogP contribution in [0.5, 0.6) is 5.75 Å². The van der Waals surface area contributed by atoms with E-state index in [1.54, 1.807) is 0 Å². The minimum atomic E-state index is -0.174. The number of carbonyl (C=O) groups excluding carboxylic acids is 1. The van der Waals surface area contributed by atoms with Crippen molar-refractivity contribution in [1.82, 2.24) is 4.98 Å². The van der Waals surface area contributed by atoms with Gasteiger partial charge in [-0.05, 0) is 62.4 Å². The van der Waals surface area contributed by atoms with Crippen LogP contribution >= 0.6 is 15.9 Å². The average molecular weight is 461 g/mol. The SMILES string of the molecule is CCOc1cccc(-c2cc(C(=O)Nc3ccc(C)cc3)c3cc(Br)ccc3n2)c1. The van der Waals surface area contributed by atoms with Crippen molar-refractivity contribution >= 4 is 38.4 Å². The molecule has 30 heavy (non-hydrogen) atoms. The average Bonchev–Trinajstić information content (AvgIpc) is 2.75. The number of halogens is 1. The Bertz CT molecular complexity index is 1220. The maximum atomic E-state index is 13.2. The molecule has 0 saturated heterocycles. The van der Waals surface area contributed by atoms with E-state index in [0.29, 0.717) is 12.2 Å². The van der Waals surface area contributed by atoms with Crippen molar-refractivity contribution in [3.63, 3.8) is 0 Å². The number of benzene rings is 3. The van der Waals surface area contributed by atoms with Crippen LogP contribution in [0.25, 0.3) is 22.2 Å². The maximum Gasteiger partial charge on any atom is 0.256 e. The summed E-state index contributed by atoms with van der Waals surface area (Å²) in [5.41, 5.74) is 4.84. The van der Waals surface area contributed by atoms with E-state index >= 15 is 0 Å².